The van der Waals surface area contributed by atoms with Crippen LogP contribution in [0.25, 0.3) is 10.9 Å². The third-order valence-electron chi connectivity index (χ3n) is 6.72. The highest BCUT2D eigenvalue weighted by Crippen LogP contribution is 2.28. The summed E-state index contributed by atoms with van der Waals surface area (Å²) < 4.78 is 61.2. The number of sulfonamides is 1. The van der Waals surface area contributed by atoms with Gasteiger partial charge < -0.3 is 10.1 Å². The van der Waals surface area contributed by atoms with E-state index in [1.807, 2.05) is 0 Å². The Labute approximate surface area is 248 Å². The summed E-state index contributed by atoms with van der Waals surface area (Å²) in [4.78, 5) is 19.3. The molecule has 42 heavy (non-hydrogen) atoms. The molecule has 0 aliphatic carbocycles. The highest BCUT2D eigenvalue weighted by Gasteiger charge is 2.31. The van der Waals surface area contributed by atoms with Crippen molar-refractivity contribution in [1.29, 1.82) is 0 Å². The summed E-state index contributed by atoms with van der Waals surface area (Å²) in [5.74, 6) is -0.654. The number of pyridine rings is 1. The van der Waals surface area contributed by atoms with Crippen molar-refractivity contribution in [3.63, 3.8) is 0 Å². The van der Waals surface area contributed by atoms with Crippen LogP contribution in [-0.2, 0) is 24.6 Å². The molecule has 0 saturated carbocycles. The summed E-state index contributed by atoms with van der Waals surface area (Å²) in [6.07, 6.45) is 2.89. The highest BCUT2D eigenvalue weighted by molar-refractivity contribution is 7.93. The van der Waals surface area contributed by atoms with Crippen LogP contribution in [0.3, 0.4) is 0 Å². The average molecular weight is 627 g/mol. The van der Waals surface area contributed by atoms with E-state index in [-0.39, 0.29) is 31.6 Å². The zero-order valence-corrected chi connectivity index (χ0v) is 24.6. The first kappa shape index (κ1) is 29.7. The minimum Gasteiger partial charge on any atom is -0.379 e. The molecule has 13 heteroatoms. The van der Waals surface area contributed by atoms with Crippen LogP contribution < -0.4 is 10.0 Å². The number of carbonyl (C=O) groups is 1. The lowest BCUT2D eigenvalue weighted by molar-refractivity contribution is 0.0374. The van der Waals surface area contributed by atoms with Crippen LogP contribution >= 0.6 is 11.6 Å². The first-order valence-corrected chi connectivity index (χ1v) is 16.3. The van der Waals surface area contributed by atoms with Gasteiger partial charge in [-0.1, -0.05) is 35.9 Å². The molecule has 1 aliphatic rings. The molecule has 1 unspecified atom stereocenters. The molecule has 0 radical (unpaired) electrons. The van der Waals surface area contributed by atoms with E-state index in [0.29, 0.717) is 37.4 Å². The number of para-hydroxylation sites is 1. The van der Waals surface area contributed by atoms with Crippen molar-refractivity contribution in [2.75, 3.05) is 36.3 Å². The molecule has 1 atom stereocenters. The SMILES string of the molecule is C=CC(N1CCOCC1)S(=O)(=O)c1ccc(NC(=O)c2cc(Cl)ccc2NS(=O)(=O)c2cccc3cccnc23)cc1. The molecular weight excluding hydrogens is 600 g/mol. The number of anilines is 2. The van der Waals surface area contributed by atoms with Crippen molar-refractivity contribution >= 4 is 59.6 Å². The number of aromatic nitrogens is 1. The fourth-order valence-corrected chi connectivity index (χ4v) is 7.74. The Morgan fingerprint density at radius 2 is 1.71 bits per heavy atom. The number of benzene rings is 3. The van der Waals surface area contributed by atoms with Gasteiger partial charge in [0.25, 0.3) is 15.9 Å². The van der Waals surface area contributed by atoms with Crippen molar-refractivity contribution in [1.82, 2.24) is 9.88 Å². The quantitative estimate of drug-likeness (QED) is 0.258. The molecule has 1 aromatic heterocycles. The van der Waals surface area contributed by atoms with E-state index in [4.69, 9.17) is 16.3 Å². The van der Waals surface area contributed by atoms with Crippen LogP contribution in [-0.4, -0.2) is 64.3 Å². The fourth-order valence-electron chi connectivity index (χ4n) is 4.66. The lowest BCUT2D eigenvalue weighted by Gasteiger charge is -2.32. The zero-order chi connectivity index (χ0) is 29.9. The number of carbonyl (C=O) groups excluding carboxylic acids is 1. The van der Waals surface area contributed by atoms with Gasteiger partial charge in [-0.05, 0) is 54.6 Å². The number of morpholine rings is 1. The number of hydrogen-bond acceptors (Lipinski definition) is 8. The Morgan fingerprint density at radius 1 is 1.00 bits per heavy atom. The maximum atomic E-state index is 13.4. The van der Waals surface area contributed by atoms with Crippen LogP contribution in [0.1, 0.15) is 10.4 Å². The molecule has 1 amide bonds. The summed E-state index contributed by atoms with van der Waals surface area (Å²) in [6.45, 7) is 5.51. The van der Waals surface area contributed by atoms with E-state index in [1.54, 1.807) is 29.2 Å². The topological polar surface area (TPSA) is 135 Å². The minimum atomic E-state index is -4.15. The van der Waals surface area contributed by atoms with Gasteiger partial charge in [-0.3, -0.25) is 19.4 Å². The predicted octanol–water partition coefficient (Wildman–Crippen LogP) is 4.56. The van der Waals surface area contributed by atoms with E-state index in [0.717, 1.165) is 0 Å². The van der Waals surface area contributed by atoms with Gasteiger partial charge in [0.05, 0.1) is 34.9 Å². The Bertz CT molecular complexity index is 1850. The van der Waals surface area contributed by atoms with E-state index in [1.165, 1.54) is 60.8 Å². The molecular formula is C29H27ClN4O6S2. The maximum Gasteiger partial charge on any atom is 0.264 e. The standard InChI is InChI=1S/C29H27ClN4O6S2/c1-2-27(34-15-17-40-18-16-34)41(36,37)23-11-9-22(10-12-23)32-29(35)24-19-21(30)8-13-25(24)33-42(38,39)26-7-3-5-20-6-4-14-31-28(20)26/h2-14,19,27,33H,1,15-18H2,(H,32,35). The number of sulfone groups is 1. The normalized spacial score (nSPS) is 15.2. The number of hydrogen-bond donors (Lipinski definition) is 2. The molecule has 218 valence electrons. The van der Waals surface area contributed by atoms with Crippen molar-refractivity contribution in [2.45, 2.75) is 15.2 Å². The predicted molar refractivity (Wildman–Crippen MR) is 162 cm³/mol. The molecule has 4 aromatic rings. The third-order valence-corrected chi connectivity index (χ3v) is 10.4. The molecule has 0 spiro atoms. The molecule has 0 bridgehead atoms. The molecule has 2 N–H and O–H groups in total. The smallest absolute Gasteiger partial charge is 0.264 e. The van der Waals surface area contributed by atoms with Gasteiger partial charge in [0.1, 0.15) is 10.3 Å². The fraction of sp³-hybridized carbons (Fsp3) is 0.172. The van der Waals surface area contributed by atoms with E-state index >= 15 is 0 Å². The molecule has 1 saturated heterocycles. The second-order valence-electron chi connectivity index (χ2n) is 9.42. The summed E-state index contributed by atoms with van der Waals surface area (Å²) in [7, 11) is -7.93. The second-order valence-corrected chi connectivity index (χ2v) is 13.6. The molecule has 10 nitrogen and oxygen atoms in total. The van der Waals surface area contributed by atoms with Crippen molar-refractivity contribution in [3.8, 4) is 0 Å². The highest BCUT2D eigenvalue weighted by atomic mass is 35.5. The number of rotatable bonds is 9. The first-order chi connectivity index (χ1) is 20.1. The van der Waals surface area contributed by atoms with Gasteiger partial charge in [-0.15, -0.1) is 6.58 Å². The monoisotopic (exact) mass is 626 g/mol. The van der Waals surface area contributed by atoms with Crippen LogP contribution in [0, 0.1) is 0 Å². The summed E-state index contributed by atoms with van der Waals surface area (Å²) in [6, 6.07) is 18.2. The second kappa shape index (κ2) is 12.2. The number of halogens is 1. The lowest BCUT2D eigenvalue weighted by atomic mass is 10.1. The van der Waals surface area contributed by atoms with Gasteiger partial charge in [0.15, 0.2) is 9.84 Å². The summed E-state index contributed by atoms with van der Waals surface area (Å²) in [5.41, 5.74) is 0.556. The summed E-state index contributed by atoms with van der Waals surface area (Å²) >= 11 is 6.15. The molecule has 1 aliphatic heterocycles. The Morgan fingerprint density at radius 3 is 2.43 bits per heavy atom. The van der Waals surface area contributed by atoms with Crippen LogP contribution in [0.4, 0.5) is 11.4 Å². The van der Waals surface area contributed by atoms with E-state index in [9.17, 15) is 21.6 Å². The van der Waals surface area contributed by atoms with Crippen LogP contribution in [0.15, 0.2) is 101 Å². The first-order valence-electron chi connectivity index (χ1n) is 12.9. The van der Waals surface area contributed by atoms with Gasteiger partial charge in [-0.25, -0.2) is 16.8 Å². The van der Waals surface area contributed by atoms with Crippen LogP contribution in [0.2, 0.25) is 5.02 Å². The van der Waals surface area contributed by atoms with E-state index in [2.05, 4.69) is 21.6 Å². The Kier molecular flexibility index (Phi) is 8.62. The number of nitrogens with zero attached hydrogens (tertiary/aromatic N) is 2. The summed E-state index contributed by atoms with van der Waals surface area (Å²) in [5, 5.41) is 2.62. The van der Waals surface area contributed by atoms with Crippen LogP contribution in [0.5, 0.6) is 0 Å². The molecule has 5 rings (SSSR count). The number of ether oxygens (including phenoxy) is 1. The number of fused-ring (bicyclic) bond motifs is 1. The number of nitrogens with one attached hydrogen (secondary N) is 2. The van der Waals surface area contributed by atoms with Gasteiger partial charge >= 0.3 is 0 Å². The molecule has 1 fully saturated rings. The van der Waals surface area contributed by atoms with Crippen molar-refractivity contribution in [2.24, 2.45) is 0 Å². The van der Waals surface area contributed by atoms with Gasteiger partial charge in [0.2, 0.25) is 0 Å². The van der Waals surface area contributed by atoms with Crippen molar-refractivity contribution < 1.29 is 26.4 Å². The average Bonchev–Trinajstić information content (AvgIpc) is 2.98. The van der Waals surface area contributed by atoms with Gasteiger partial charge in [-0.2, -0.15) is 0 Å². The minimum absolute atomic E-state index is 0.00312. The van der Waals surface area contributed by atoms with E-state index < -0.39 is 31.1 Å². The van der Waals surface area contributed by atoms with Gasteiger partial charge in [0, 0.05) is 35.4 Å². The Balaban J connectivity index is 1.37. The number of amides is 1. The zero-order valence-electron chi connectivity index (χ0n) is 22.2. The molecule has 2 heterocycles. The third kappa shape index (κ3) is 6.18. The largest absolute Gasteiger partial charge is 0.379 e. The Hall–Kier alpha value is -3.81. The molecule has 3 aromatic carbocycles. The van der Waals surface area contributed by atoms with Crippen molar-refractivity contribution in [3.05, 3.63) is 102 Å². The maximum absolute atomic E-state index is 13.4. The lowest BCUT2D eigenvalue weighted by Crippen LogP contribution is -2.46.